The maximum absolute atomic E-state index is 14.3. The van der Waals surface area contributed by atoms with Crippen LogP contribution >= 0.6 is 0 Å². The van der Waals surface area contributed by atoms with Crippen molar-refractivity contribution in [2.24, 2.45) is 0 Å². The van der Waals surface area contributed by atoms with E-state index in [1.807, 2.05) is 6.92 Å². The van der Waals surface area contributed by atoms with Crippen LogP contribution in [0.2, 0.25) is 0 Å². The van der Waals surface area contributed by atoms with Crippen molar-refractivity contribution in [2.75, 3.05) is 13.7 Å². The van der Waals surface area contributed by atoms with Gasteiger partial charge in [-0.25, -0.2) is 4.39 Å². The van der Waals surface area contributed by atoms with Gasteiger partial charge in [0.15, 0.2) is 11.6 Å². The van der Waals surface area contributed by atoms with Gasteiger partial charge in [0.1, 0.15) is 0 Å². The summed E-state index contributed by atoms with van der Waals surface area (Å²) in [5.74, 6) is -1.52. The van der Waals surface area contributed by atoms with Crippen LogP contribution in [0.25, 0.3) is 0 Å². The lowest BCUT2D eigenvalue weighted by Gasteiger charge is -2.24. The molecule has 1 aliphatic rings. The Morgan fingerprint density at radius 3 is 2.55 bits per heavy atom. The second-order valence-corrected chi connectivity index (χ2v) is 5.77. The van der Waals surface area contributed by atoms with Crippen molar-refractivity contribution in [3.8, 4) is 5.75 Å². The molecule has 4 heteroatoms. The molecule has 0 aromatic heterocycles. The molecule has 22 heavy (non-hydrogen) atoms. The number of unbranched alkanes of at least 4 members (excludes halogenated alkanes) is 1. The molecule has 122 valence electrons. The summed E-state index contributed by atoms with van der Waals surface area (Å²) in [7, 11) is 1.63. The molecule has 0 amide bonds. The lowest BCUT2D eigenvalue weighted by molar-refractivity contribution is 0.287. The van der Waals surface area contributed by atoms with Crippen LogP contribution in [0.3, 0.4) is 0 Å². The van der Waals surface area contributed by atoms with Crippen molar-refractivity contribution in [1.29, 1.82) is 0 Å². The average molecular weight is 310 g/mol. The molecule has 0 atom stereocenters. The molecule has 0 N–H and O–H groups in total. The van der Waals surface area contributed by atoms with Crippen LogP contribution in [0, 0.1) is 11.6 Å². The van der Waals surface area contributed by atoms with E-state index in [-0.39, 0.29) is 11.7 Å². The minimum Gasteiger partial charge on any atom is -0.504 e. The van der Waals surface area contributed by atoms with E-state index in [2.05, 4.69) is 0 Å². The van der Waals surface area contributed by atoms with Gasteiger partial charge in [0.25, 0.3) is 0 Å². The first-order chi connectivity index (χ1) is 10.7. The van der Waals surface area contributed by atoms with Gasteiger partial charge >= 0.3 is 0 Å². The first-order valence-electron chi connectivity index (χ1n) is 7.98. The summed E-state index contributed by atoms with van der Waals surface area (Å²) >= 11 is 0. The second kappa shape index (κ2) is 8.16. The first kappa shape index (κ1) is 16.8. The summed E-state index contributed by atoms with van der Waals surface area (Å²) in [6, 6.07) is 3.24. The zero-order chi connectivity index (χ0) is 15.9. The molecule has 0 spiro atoms. The van der Waals surface area contributed by atoms with E-state index in [1.165, 1.54) is 5.57 Å². The molecule has 2 nitrogen and oxygen atoms in total. The Morgan fingerprint density at radius 2 is 1.91 bits per heavy atom. The van der Waals surface area contributed by atoms with E-state index in [0.29, 0.717) is 12.2 Å². The Labute approximate surface area is 131 Å². The molecule has 0 aliphatic heterocycles. The van der Waals surface area contributed by atoms with E-state index in [0.717, 1.165) is 38.5 Å². The highest BCUT2D eigenvalue weighted by Crippen LogP contribution is 2.38. The summed E-state index contributed by atoms with van der Waals surface area (Å²) in [5, 5.41) is 0. The topological polar surface area (TPSA) is 18.5 Å². The normalized spacial score (nSPS) is 18.2. The van der Waals surface area contributed by atoms with Gasteiger partial charge in [0.05, 0.1) is 20.0 Å². The number of methoxy groups -OCH3 is 1. The molecule has 0 heterocycles. The van der Waals surface area contributed by atoms with E-state index < -0.39 is 11.6 Å². The highest BCUT2D eigenvalue weighted by molar-refractivity contribution is 5.33. The average Bonchev–Trinajstić information content (AvgIpc) is 2.53. The van der Waals surface area contributed by atoms with Gasteiger partial charge in [-0.1, -0.05) is 19.4 Å². The van der Waals surface area contributed by atoms with Crippen molar-refractivity contribution in [3.05, 3.63) is 41.2 Å². The fourth-order valence-corrected chi connectivity index (χ4v) is 2.88. The third-order valence-corrected chi connectivity index (χ3v) is 4.18. The fourth-order valence-electron chi connectivity index (χ4n) is 2.88. The van der Waals surface area contributed by atoms with Crippen molar-refractivity contribution in [1.82, 2.24) is 0 Å². The van der Waals surface area contributed by atoms with Crippen molar-refractivity contribution >= 4 is 0 Å². The van der Waals surface area contributed by atoms with Crippen molar-refractivity contribution < 1.29 is 18.3 Å². The van der Waals surface area contributed by atoms with Crippen LogP contribution in [-0.4, -0.2) is 13.7 Å². The molecule has 0 saturated heterocycles. The van der Waals surface area contributed by atoms with Crippen LogP contribution in [0.15, 0.2) is 24.0 Å². The Morgan fingerprint density at radius 1 is 1.18 bits per heavy atom. The second-order valence-electron chi connectivity index (χ2n) is 5.77. The molecule has 1 saturated carbocycles. The number of hydrogen-bond donors (Lipinski definition) is 0. The molecular weight excluding hydrogens is 286 g/mol. The Balaban J connectivity index is 2.06. The maximum Gasteiger partial charge on any atom is 0.200 e. The number of rotatable bonds is 6. The molecular formula is C18H24F2O2. The zero-order valence-corrected chi connectivity index (χ0v) is 13.3. The maximum atomic E-state index is 14.3. The standard InChI is InChI=1S/C18H24F2O2/c1-3-4-11-22-16-10-9-15(17(19)18(16)20)14-7-5-13(6-8-14)12-21-2/h9-10,12,14H,3-8,11H2,1-2H3. The molecule has 0 radical (unpaired) electrons. The SMILES string of the molecule is CCCCOc1ccc(C2CCC(=COC)CC2)c(F)c1F. The van der Waals surface area contributed by atoms with Gasteiger partial charge in [0, 0.05) is 0 Å². The van der Waals surface area contributed by atoms with Gasteiger partial charge in [-0.3, -0.25) is 0 Å². The molecule has 0 unspecified atom stereocenters. The van der Waals surface area contributed by atoms with Crippen molar-refractivity contribution in [2.45, 2.75) is 51.4 Å². The van der Waals surface area contributed by atoms with Crippen LogP contribution < -0.4 is 4.74 Å². The molecule has 1 aromatic rings. The van der Waals surface area contributed by atoms with Crippen LogP contribution in [0.1, 0.15) is 56.9 Å². The predicted octanol–water partition coefficient (Wildman–Crippen LogP) is 5.33. The lowest BCUT2D eigenvalue weighted by Crippen LogP contribution is -2.10. The third kappa shape index (κ3) is 3.99. The van der Waals surface area contributed by atoms with Crippen LogP contribution in [0.5, 0.6) is 5.75 Å². The van der Waals surface area contributed by atoms with Gasteiger partial charge in [-0.2, -0.15) is 4.39 Å². The molecule has 1 fully saturated rings. The van der Waals surface area contributed by atoms with E-state index >= 15 is 0 Å². The number of benzene rings is 1. The first-order valence-corrected chi connectivity index (χ1v) is 7.98. The summed E-state index contributed by atoms with van der Waals surface area (Å²) in [6.45, 7) is 2.44. The van der Waals surface area contributed by atoms with E-state index in [4.69, 9.17) is 9.47 Å². The van der Waals surface area contributed by atoms with Crippen molar-refractivity contribution in [3.63, 3.8) is 0 Å². The summed E-state index contributed by atoms with van der Waals surface area (Å²) in [5.41, 5.74) is 1.70. The number of hydrogen-bond acceptors (Lipinski definition) is 2. The quantitative estimate of drug-likeness (QED) is 0.522. The molecule has 1 aromatic carbocycles. The van der Waals surface area contributed by atoms with E-state index in [1.54, 1.807) is 25.5 Å². The number of allylic oxidation sites excluding steroid dienone is 1. The largest absolute Gasteiger partial charge is 0.504 e. The van der Waals surface area contributed by atoms with Crippen LogP contribution in [0.4, 0.5) is 8.78 Å². The van der Waals surface area contributed by atoms with Crippen LogP contribution in [-0.2, 0) is 4.74 Å². The summed E-state index contributed by atoms with van der Waals surface area (Å²) < 4.78 is 38.7. The number of ether oxygens (including phenoxy) is 2. The summed E-state index contributed by atoms with van der Waals surface area (Å²) in [4.78, 5) is 0. The Hall–Kier alpha value is -1.58. The fraction of sp³-hybridized carbons (Fsp3) is 0.556. The Bertz CT molecular complexity index is 516. The Kier molecular flexibility index (Phi) is 6.22. The summed E-state index contributed by atoms with van der Waals surface area (Å²) in [6.07, 6.45) is 6.94. The highest BCUT2D eigenvalue weighted by Gasteiger charge is 2.24. The predicted molar refractivity (Wildman–Crippen MR) is 83.1 cm³/mol. The minimum absolute atomic E-state index is 0.0190. The third-order valence-electron chi connectivity index (χ3n) is 4.18. The van der Waals surface area contributed by atoms with Gasteiger partial charge in [-0.05, 0) is 55.2 Å². The van der Waals surface area contributed by atoms with E-state index in [9.17, 15) is 8.78 Å². The molecule has 2 rings (SSSR count). The van der Waals surface area contributed by atoms with Gasteiger partial charge in [0.2, 0.25) is 5.82 Å². The minimum atomic E-state index is -0.855. The smallest absolute Gasteiger partial charge is 0.200 e. The van der Waals surface area contributed by atoms with Gasteiger partial charge in [-0.15, -0.1) is 0 Å². The monoisotopic (exact) mass is 310 g/mol. The highest BCUT2D eigenvalue weighted by atomic mass is 19.2. The lowest BCUT2D eigenvalue weighted by atomic mass is 9.81. The van der Waals surface area contributed by atoms with Gasteiger partial charge < -0.3 is 9.47 Å². The molecule has 0 bridgehead atoms. The number of halogens is 2. The zero-order valence-electron chi connectivity index (χ0n) is 13.3. The molecule has 1 aliphatic carbocycles.